The average molecular weight is 567 g/mol. The number of thioether (sulfide) groups is 1. The third-order valence-electron chi connectivity index (χ3n) is 7.09. The highest BCUT2D eigenvalue weighted by Crippen LogP contribution is 2.45. The maximum atomic E-state index is 13.6. The van der Waals surface area contributed by atoms with Gasteiger partial charge in [0.15, 0.2) is 0 Å². The van der Waals surface area contributed by atoms with Crippen molar-refractivity contribution in [3.8, 4) is 5.75 Å². The first-order chi connectivity index (χ1) is 19.6. The summed E-state index contributed by atoms with van der Waals surface area (Å²) in [5.74, 6) is 0.111. The minimum absolute atomic E-state index is 0.0822. The SMILES string of the molecule is CCOC(=O)C(Cc1ccc2ccccc2c1)c1[nH]c2ccc(OCc3ccc(C)cn3)c(C)c2c1SC(C)(C)C. The number of carbonyl (C=O) groups excluding carboxylic acids is 1. The largest absolute Gasteiger partial charge is 0.487 e. The number of nitrogens with zero attached hydrogens (tertiary/aromatic N) is 1. The molecule has 212 valence electrons. The number of hydrogen-bond acceptors (Lipinski definition) is 5. The van der Waals surface area contributed by atoms with E-state index in [0.29, 0.717) is 19.6 Å². The van der Waals surface area contributed by atoms with E-state index in [9.17, 15) is 4.79 Å². The Morgan fingerprint density at radius 1 is 1.00 bits per heavy atom. The van der Waals surface area contributed by atoms with Gasteiger partial charge in [-0.3, -0.25) is 9.78 Å². The number of pyridine rings is 1. The summed E-state index contributed by atoms with van der Waals surface area (Å²) >= 11 is 1.77. The van der Waals surface area contributed by atoms with Gasteiger partial charge in [0.25, 0.3) is 0 Å². The lowest BCUT2D eigenvalue weighted by Crippen LogP contribution is -2.20. The first-order valence-corrected chi connectivity index (χ1v) is 15.0. The second-order valence-corrected chi connectivity index (χ2v) is 13.3. The molecule has 5 aromatic rings. The molecule has 0 radical (unpaired) electrons. The Balaban J connectivity index is 1.58. The topological polar surface area (TPSA) is 64.2 Å². The fourth-order valence-corrected chi connectivity index (χ4v) is 6.40. The molecule has 5 nitrogen and oxygen atoms in total. The van der Waals surface area contributed by atoms with Gasteiger partial charge >= 0.3 is 5.97 Å². The van der Waals surface area contributed by atoms with Crippen molar-refractivity contribution in [3.05, 3.63) is 101 Å². The van der Waals surface area contributed by atoms with Gasteiger partial charge in [0, 0.05) is 38.0 Å². The summed E-state index contributed by atoms with van der Waals surface area (Å²) in [6.07, 6.45) is 2.39. The number of rotatable bonds is 9. The third-order valence-corrected chi connectivity index (χ3v) is 8.33. The fourth-order valence-electron chi connectivity index (χ4n) is 5.12. The van der Waals surface area contributed by atoms with Crippen LogP contribution in [0.25, 0.3) is 21.7 Å². The quantitative estimate of drug-likeness (QED) is 0.143. The second-order valence-electron chi connectivity index (χ2n) is 11.5. The van der Waals surface area contributed by atoms with Crippen LogP contribution in [0.3, 0.4) is 0 Å². The number of hydrogen-bond donors (Lipinski definition) is 1. The number of esters is 1. The van der Waals surface area contributed by atoms with Gasteiger partial charge in [-0.15, -0.1) is 11.8 Å². The maximum Gasteiger partial charge on any atom is 0.315 e. The third kappa shape index (κ3) is 6.59. The molecule has 0 saturated carbocycles. The van der Waals surface area contributed by atoms with Gasteiger partial charge < -0.3 is 14.5 Å². The molecule has 0 amide bonds. The number of aromatic amines is 1. The van der Waals surface area contributed by atoms with Crippen molar-refractivity contribution >= 4 is 39.4 Å². The Bertz CT molecular complexity index is 1680. The highest BCUT2D eigenvalue weighted by atomic mass is 32.2. The van der Waals surface area contributed by atoms with Crippen LogP contribution in [0.2, 0.25) is 0 Å². The number of aromatic nitrogens is 2. The first-order valence-electron chi connectivity index (χ1n) is 14.2. The highest BCUT2D eigenvalue weighted by Gasteiger charge is 2.31. The summed E-state index contributed by atoms with van der Waals surface area (Å²) in [5.41, 5.74) is 6.02. The molecule has 0 bridgehead atoms. The second kappa shape index (κ2) is 12.0. The maximum absolute atomic E-state index is 13.6. The van der Waals surface area contributed by atoms with Crippen molar-refractivity contribution in [1.29, 1.82) is 0 Å². The summed E-state index contributed by atoms with van der Waals surface area (Å²) < 4.78 is 11.8. The number of benzene rings is 3. The molecule has 2 aromatic heterocycles. The number of fused-ring (bicyclic) bond motifs is 2. The van der Waals surface area contributed by atoms with Crippen molar-refractivity contribution in [1.82, 2.24) is 9.97 Å². The van der Waals surface area contributed by atoms with Crippen molar-refractivity contribution in [2.75, 3.05) is 6.61 Å². The summed E-state index contributed by atoms with van der Waals surface area (Å²) in [7, 11) is 0. The first kappa shape index (κ1) is 28.7. The van der Waals surface area contributed by atoms with E-state index >= 15 is 0 Å². The molecule has 0 aliphatic carbocycles. The van der Waals surface area contributed by atoms with Crippen molar-refractivity contribution in [2.45, 2.75) is 70.1 Å². The lowest BCUT2D eigenvalue weighted by atomic mass is 9.94. The van der Waals surface area contributed by atoms with Crippen LogP contribution in [0, 0.1) is 13.8 Å². The van der Waals surface area contributed by atoms with Crippen molar-refractivity contribution < 1.29 is 14.3 Å². The van der Waals surface area contributed by atoms with Crippen LogP contribution >= 0.6 is 11.8 Å². The van der Waals surface area contributed by atoms with Gasteiger partial charge in [-0.05, 0) is 67.3 Å². The van der Waals surface area contributed by atoms with E-state index in [1.165, 1.54) is 5.39 Å². The van der Waals surface area contributed by atoms with Crippen LogP contribution in [-0.2, 0) is 22.6 Å². The van der Waals surface area contributed by atoms with Crippen LogP contribution < -0.4 is 4.74 Å². The van der Waals surface area contributed by atoms with E-state index in [1.807, 2.05) is 50.4 Å². The number of H-pyrrole nitrogens is 1. The zero-order valence-corrected chi connectivity index (χ0v) is 25.5. The summed E-state index contributed by atoms with van der Waals surface area (Å²) in [6, 6.07) is 22.8. The Morgan fingerprint density at radius 2 is 1.78 bits per heavy atom. The number of carbonyl (C=O) groups is 1. The van der Waals surface area contributed by atoms with Crippen LogP contribution in [0.15, 0.2) is 77.8 Å². The molecular weight excluding hydrogens is 528 g/mol. The zero-order chi connectivity index (χ0) is 29.1. The molecule has 0 aliphatic heterocycles. The van der Waals surface area contributed by atoms with Crippen LogP contribution in [0.4, 0.5) is 0 Å². The van der Waals surface area contributed by atoms with E-state index in [2.05, 4.69) is 74.1 Å². The molecule has 5 rings (SSSR count). The van der Waals surface area contributed by atoms with Gasteiger partial charge in [-0.2, -0.15) is 0 Å². The van der Waals surface area contributed by atoms with E-state index in [0.717, 1.165) is 55.0 Å². The fraction of sp³-hybridized carbons (Fsp3) is 0.314. The van der Waals surface area contributed by atoms with Gasteiger partial charge in [-0.1, -0.05) is 69.3 Å². The molecule has 2 heterocycles. The van der Waals surface area contributed by atoms with Gasteiger partial charge in [0.05, 0.1) is 12.3 Å². The molecule has 41 heavy (non-hydrogen) atoms. The van der Waals surface area contributed by atoms with Crippen molar-refractivity contribution in [2.24, 2.45) is 0 Å². The molecule has 0 saturated heterocycles. The minimum Gasteiger partial charge on any atom is -0.487 e. The summed E-state index contributed by atoms with van der Waals surface area (Å²) in [6.45, 7) is 13.3. The van der Waals surface area contributed by atoms with E-state index < -0.39 is 5.92 Å². The Kier molecular flexibility index (Phi) is 8.41. The van der Waals surface area contributed by atoms with Crippen LogP contribution in [0.5, 0.6) is 5.75 Å². The monoisotopic (exact) mass is 566 g/mol. The zero-order valence-electron chi connectivity index (χ0n) is 24.7. The Hall–Kier alpha value is -3.77. The minimum atomic E-state index is -0.478. The average Bonchev–Trinajstić information content (AvgIpc) is 3.29. The van der Waals surface area contributed by atoms with Crippen molar-refractivity contribution in [3.63, 3.8) is 0 Å². The number of aryl methyl sites for hydroxylation is 2. The summed E-state index contributed by atoms with van der Waals surface area (Å²) in [5, 5.41) is 3.43. The number of nitrogens with one attached hydrogen (secondary N) is 1. The number of ether oxygens (including phenoxy) is 2. The lowest BCUT2D eigenvalue weighted by molar-refractivity contribution is -0.145. The standard InChI is InChI=1S/C35H38N2O3S/c1-7-39-34(38)28(19-24-13-14-25-10-8-9-11-26(25)18-24)32-33(41-35(4,5)6)31-23(3)30(17-16-29(31)37-32)40-21-27-15-12-22(2)20-36-27/h8-18,20,28,37H,7,19,21H2,1-6H3. The lowest BCUT2D eigenvalue weighted by Gasteiger charge is -2.22. The molecule has 6 heteroatoms. The van der Waals surface area contributed by atoms with Gasteiger partial charge in [-0.25, -0.2) is 0 Å². The molecule has 1 atom stereocenters. The molecule has 0 aliphatic rings. The molecular formula is C35H38N2O3S. The molecule has 1 unspecified atom stereocenters. The predicted molar refractivity (Wildman–Crippen MR) is 169 cm³/mol. The Labute approximate surface area is 246 Å². The van der Waals surface area contributed by atoms with E-state index in [-0.39, 0.29) is 10.7 Å². The van der Waals surface area contributed by atoms with Crippen LogP contribution in [0.1, 0.15) is 61.7 Å². The smallest absolute Gasteiger partial charge is 0.315 e. The van der Waals surface area contributed by atoms with E-state index in [4.69, 9.17) is 9.47 Å². The van der Waals surface area contributed by atoms with Gasteiger partial charge in [0.2, 0.25) is 0 Å². The normalized spacial score (nSPS) is 12.5. The molecule has 0 fully saturated rings. The molecule has 3 aromatic carbocycles. The highest BCUT2D eigenvalue weighted by molar-refractivity contribution is 8.00. The molecule has 1 N–H and O–H groups in total. The van der Waals surface area contributed by atoms with Crippen LogP contribution in [-0.4, -0.2) is 27.3 Å². The summed E-state index contributed by atoms with van der Waals surface area (Å²) in [4.78, 5) is 22.8. The predicted octanol–water partition coefficient (Wildman–Crippen LogP) is 8.69. The van der Waals surface area contributed by atoms with Gasteiger partial charge in [0.1, 0.15) is 18.3 Å². The Morgan fingerprint density at radius 3 is 2.49 bits per heavy atom. The van der Waals surface area contributed by atoms with E-state index in [1.54, 1.807) is 11.8 Å². The molecule has 0 spiro atoms.